The summed E-state index contributed by atoms with van der Waals surface area (Å²) in [5, 5.41) is 15.3. The summed E-state index contributed by atoms with van der Waals surface area (Å²) in [4.78, 5) is 0. The lowest BCUT2D eigenvalue weighted by Gasteiger charge is -2.15. The van der Waals surface area contributed by atoms with Crippen LogP contribution in [0, 0.1) is 0 Å². The van der Waals surface area contributed by atoms with Crippen molar-refractivity contribution in [3.05, 3.63) is 98.5 Å². The molecule has 2 N–H and O–H groups in total. The molecule has 0 saturated carbocycles. The van der Waals surface area contributed by atoms with Gasteiger partial charge in [0.05, 0.1) is 6.10 Å². The molecule has 3 nitrogen and oxygen atoms in total. The van der Waals surface area contributed by atoms with Crippen LogP contribution in [0.4, 0.5) is 0 Å². The number of aliphatic hydroxyl groups excluding tert-OH is 1. The molecule has 146 valence electrons. The van der Waals surface area contributed by atoms with E-state index in [4.69, 9.17) is 39.5 Å². The molecule has 0 fully saturated rings. The summed E-state index contributed by atoms with van der Waals surface area (Å²) in [5.41, 5.74) is 2.62. The van der Waals surface area contributed by atoms with Crippen LogP contribution in [-0.2, 0) is 13.2 Å². The first-order chi connectivity index (χ1) is 13.5. The van der Waals surface area contributed by atoms with E-state index in [1.54, 1.807) is 18.2 Å². The zero-order chi connectivity index (χ0) is 19.9. The van der Waals surface area contributed by atoms with Crippen molar-refractivity contribution < 1.29 is 9.84 Å². The number of hydrogen-bond acceptors (Lipinski definition) is 3. The van der Waals surface area contributed by atoms with Crippen LogP contribution in [-0.4, -0.2) is 11.7 Å². The SMILES string of the molecule is OC(CNCc1cc(Cl)ccc1OCc1ccc(Cl)cc1Cl)c1ccccc1. The van der Waals surface area contributed by atoms with Gasteiger partial charge >= 0.3 is 0 Å². The highest BCUT2D eigenvalue weighted by Crippen LogP contribution is 2.26. The fraction of sp³-hybridized carbons (Fsp3) is 0.182. The molecule has 6 heteroatoms. The van der Waals surface area contributed by atoms with Gasteiger partial charge in [-0.25, -0.2) is 0 Å². The lowest BCUT2D eigenvalue weighted by Crippen LogP contribution is -2.21. The second kappa shape index (κ2) is 10.1. The van der Waals surface area contributed by atoms with Gasteiger partial charge in [-0.2, -0.15) is 0 Å². The van der Waals surface area contributed by atoms with E-state index < -0.39 is 6.10 Å². The summed E-state index contributed by atoms with van der Waals surface area (Å²) >= 11 is 18.3. The number of ether oxygens (including phenoxy) is 1. The molecule has 0 radical (unpaired) electrons. The fourth-order valence-corrected chi connectivity index (χ4v) is 3.42. The molecule has 0 saturated heterocycles. The summed E-state index contributed by atoms with van der Waals surface area (Å²) in [7, 11) is 0. The number of halogens is 3. The van der Waals surface area contributed by atoms with Gasteiger partial charge < -0.3 is 15.2 Å². The van der Waals surface area contributed by atoms with Crippen LogP contribution >= 0.6 is 34.8 Å². The maximum Gasteiger partial charge on any atom is 0.124 e. The Morgan fingerprint density at radius 1 is 0.857 bits per heavy atom. The predicted molar refractivity (Wildman–Crippen MR) is 115 cm³/mol. The first-order valence-electron chi connectivity index (χ1n) is 8.82. The van der Waals surface area contributed by atoms with Crippen LogP contribution in [0.25, 0.3) is 0 Å². The van der Waals surface area contributed by atoms with E-state index in [0.717, 1.165) is 16.7 Å². The zero-order valence-corrected chi connectivity index (χ0v) is 17.3. The lowest BCUT2D eigenvalue weighted by atomic mass is 10.1. The second-order valence-electron chi connectivity index (χ2n) is 6.33. The summed E-state index contributed by atoms with van der Waals surface area (Å²) in [5.74, 6) is 0.706. The Labute approximate surface area is 179 Å². The van der Waals surface area contributed by atoms with Crippen molar-refractivity contribution in [3.63, 3.8) is 0 Å². The standard InChI is InChI=1S/C22H20Cl3NO2/c23-18-8-9-22(28-14-16-6-7-19(24)11-20(16)25)17(10-18)12-26-13-21(27)15-4-2-1-3-5-15/h1-11,21,26-27H,12-14H2. The zero-order valence-electron chi connectivity index (χ0n) is 15.0. The molecule has 0 heterocycles. The van der Waals surface area contributed by atoms with Gasteiger partial charge in [-0.15, -0.1) is 0 Å². The van der Waals surface area contributed by atoms with E-state index in [0.29, 0.717) is 40.5 Å². The van der Waals surface area contributed by atoms with E-state index in [-0.39, 0.29) is 0 Å². The quantitative estimate of drug-likeness (QED) is 0.452. The second-order valence-corrected chi connectivity index (χ2v) is 7.61. The van der Waals surface area contributed by atoms with Crippen LogP contribution in [0.1, 0.15) is 22.8 Å². The molecule has 0 aliphatic carbocycles. The Hall–Kier alpha value is -1.75. The van der Waals surface area contributed by atoms with Gasteiger partial charge in [0.2, 0.25) is 0 Å². The van der Waals surface area contributed by atoms with E-state index >= 15 is 0 Å². The van der Waals surface area contributed by atoms with Gasteiger partial charge in [0.15, 0.2) is 0 Å². The third-order valence-electron chi connectivity index (χ3n) is 4.26. The molecule has 0 aromatic heterocycles. The minimum Gasteiger partial charge on any atom is -0.489 e. The van der Waals surface area contributed by atoms with Gasteiger partial charge in [-0.3, -0.25) is 0 Å². The van der Waals surface area contributed by atoms with E-state index in [9.17, 15) is 5.11 Å². The Kier molecular flexibility index (Phi) is 7.60. The van der Waals surface area contributed by atoms with Gasteiger partial charge in [-0.05, 0) is 35.9 Å². The molecule has 0 amide bonds. The molecule has 1 atom stereocenters. The molecule has 0 aliphatic rings. The largest absolute Gasteiger partial charge is 0.489 e. The van der Waals surface area contributed by atoms with Crippen LogP contribution in [0.15, 0.2) is 66.7 Å². The number of aliphatic hydroxyl groups is 1. The highest BCUT2D eigenvalue weighted by Gasteiger charge is 2.10. The van der Waals surface area contributed by atoms with Gasteiger partial charge in [0.1, 0.15) is 12.4 Å². The highest BCUT2D eigenvalue weighted by molar-refractivity contribution is 6.35. The third kappa shape index (κ3) is 5.87. The lowest BCUT2D eigenvalue weighted by molar-refractivity contribution is 0.174. The molecule has 3 aromatic carbocycles. The normalized spacial score (nSPS) is 12.0. The van der Waals surface area contributed by atoms with E-state index in [2.05, 4.69) is 5.32 Å². The van der Waals surface area contributed by atoms with Crippen molar-refractivity contribution in [2.75, 3.05) is 6.54 Å². The molecule has 0 bridgehead atoms. The summed E-state index contributed by atoms with van der Waals surface area (Å²) in [6.07, 6.45) is -0.586. The van der Waals surface area contributed by atoms with Crippen molar-refractivity contribution in [3.8, 4) is 5.75 Å². The van der Waals surface area contributed by atoms with Crippen LogP contribution in [0.3, 0.4) is 0 Å². The first-order valence-corrected chi connectivity index (χ1v) is 9.95. The molecular weight excluding hydrogens is 417 g/mol. The molecule has 28 heavy (non-hydrogen) atoms. The minimum atomic E-state index is -0.586. The molecule has 1 unspecified atom stereocenters. The number of benzene rings is 3. The number of rotatable bonds is 8. The summed E-state index contributed by atoms with van der Waals surface area (Å²) in [6, 6.07) is 20.3. The topological polar surface area (TPSA) is 41.5 Å². The molecule has 0 aliphatic heterocycles. The van der Waals surface area contributed by atoms with Gasteiger partial charge in [0, 0.05) is 39.3 Å². The van der Waals surface area contributed by atoms with Crippen LogP contribution < -0.4 is 10.1 Å². The third-order valence-corrected chi connectivity index (χ3v) is 5.08. The maximum absolute atomic E-state index is 10.3. The molecule has 3 rings (SSSR count). The molecule has 3 aromatic rings. The van der Waals surface area contributed by atoms with Crippen LogP contribution in [0.2, 0.25) is 15.1 Å². The van der Waals surface area contributed by atoms with Gasteiger partial charge in [-0.1, -0.05) is 71.2 Å². The Morgan fingerprint density at radius 2 is 1.57 bits per heavy atom. The smallest absolute Gasteiger partial charge is 0.124 e. The Balaban J connectivity index is 1.62. The Morgan fingerprint density at radius 3 is 2.32 bits per heavy atom. The average molecular weight is 437 g/mol. The number of hydrogen-bond donors (Lipinski definition) is 2. The van der Waals surface area contributed by atoms with Crippen molar-refractivity contribution in [1.82, 2.24) is 5.32 Å². The monoisotopic (exact) mass is 435 g/mol. The minimum absolute atomic E-state index is 0.317. The van der Waals surface area contributed by atoms with Crippen molar-refractivity contribution >= 4 is 34.8 Å². The van der Waals surface area contributed by atoms with E-state index in [1.165, 1.54) is 0 Å². The number of nitrogens with one attached hydrogen (secondary N) is 1. The summed E-state index contributed by atoms with van der Waals surface area (Å²) in [6.45, 7) is 1.24. The van der Waals surface area contributed by atoms with Crippen molar-refractivity contribution in [2.24, 2.45) is 0 Å². The van der Waals surface area contributed by atoms with Crippen LogP contribution in [0.5, 0.6) is 5.75 Å². The highest BCUT2D eigenvalue weighted by atomic mass is 35.5. The van der Waals surface area contributed by atoms with Gasteiger partial charge in [0.25, 0.3) is 0 Å². The van der Waals surface area contributed by atoms with Crippen molar-refractivity contribution in [2.45, 2.75) is 19.3 Å². The first kappa shape index (κ1) is 21.0. The Bertz CT molecular complexity index is 919. The maximum atomic E-state index is 10.3. The fourth-order valence-electron chi connectivity index (χ4n) is 2.76. The average Bonchev–Trinajstić information content (AvgIpc) is 2.69. The summed E-state index contributed by atoms with van der Waals surface area (Å²) < 4.78 is 5.95. The predicted octanol–water partition coefficient (Wildman–Crippen LogP) is 6.05. The van der Waals surface area contributed by atoms with Crippen molar-refractivity contribution in [1.29, 1.82) is 0 Å². The molecular formula is C22H20Cl3NO2. The molecule has 0 spiro atoms. The van der Waals surface area contributed by atoms with E-state index in [1.807, 2.05) is 48.5 Å².